The van der Waals surface area contributed by atoms with Crippen LogP contribution >= 0.6 is 23.4 Å². The molecule has 4 heteroatoms. The lowest BCUT2D eigenvalue weighted by Gasteiger charge is -2.20. The summed E-state index contributed by atoms with van der Waals surface area (Å²) >= 11 is 7.61. The van der Waals surface area contributed by atoms with Crippen molar-refractivity contribution >= 4 is 29.3 Å². The molecule has 0 aliphatic heterocycles. The Labute approximate surface area is 136 Å². The normalized spacial score (nSPS) is 27.0. The Hall–Kier alpha value is -0.670. The number of nitrogens with one attached hydrogen (secondary N) is 1. The van der Waals surface area contributed by atoms with Crippen LogP contribution in [-0.4, -0.2) is 18.2 Å². The highest BCUT2D eigenvalue weighted by atomic mass is 35.5. The molecule has 114 valence electrons. The summed E-state index contributed by atoms with van der Waals surface area (Å²) in [5, 5.41) is 3.83. The highest BCUT2D eigenvalue weighted by molar-refractivity contribution is 7.99. The molecule has 1 aromatic rings. The van der Waals surface area contributed by atoms with Gasteiger partial charge in [0.25, 0.3) is 0 Å². The lowest BCUT2D eigenvalue weighted by Crippen LogP contribution is -2.29. The summed E-state index contributed by atoms with van der Waals surface area (Å²) in [5.74, 6) is 3.57. The van der Waals surface area contributed by atoms with Gasteiger partial charge in [-0.25, -0.2) is 0 Å². The van der Waals surface area contributed by atoms with Gasteiger partial charge < -0.3 is 5.32 Å². The van der Waals surface area contributed by atoms with Crippen molar-refractivity contribution in [1.29, 1.82) is 0 Å². The fraction of sp³-hybridized carbons (Fsp3) is 0.588. The Morgan fingerprint density at radius 1 is 1.24 bits per heavy atom. The molecule has 21 heavy (non-hydrogen) atoms. The Bertz CT molecular complexity index is 490. The number of halogens is 1. The zero-order chi connectivity index (χ0) is 14.7. The molecule has 2 aliphatic rings. The van der Waals surface area contributed by atoms with E-state index >= 15 is 0 Å². The van der Waals surface area contributed by atoms with Crippen molar-refractivity contribution in [1.82, 2.24) is 5.32 Å². The molecule has 2 bridgehead atoms. The number of thioether (sulfide) groups is 1. The molecule has 1 amide bonds. The van der Waals surface area contributed by atoms with Crippen molar-refractivity contribution in [2.75, 3.05) is 12.3 Å². The minimum atomic E-state index is 0.240. The van der Waals surface area contributed by atoms with E-state index in [0.29, 0.717) is 5.92 Å². The largest absolute Gasteiger partial charge is 0.355 e. The van der Waals surface area contributed by atoms with E-state index in [1.807, 2.05) is 24.3 Å². The predicted molar refractivity (Wildman–Crippen MR) is 88.7 cm³/mol. The van der Waals surface area contributed by atoms with Crippen LogP contribution in [0.4, 0.5) is 0 Å². The third-order valence-corrected chi connectivity index (χ3v) is 6.10. The monoisotopic (exact) mass is 323 g/mol. The highest BCUT2D eigenvalue weighted by Crippen LogP contribution is 2.49. The summed E-state index contributed by atoms with van der Waals surface area (Å²) in [6.45, 7) is 0.743. The van der Waals surface area contributed by atoms with E-state index in [9.17, 15) is 4.79 Å². The molecule has 2 fully saturated rings. The fourth-order valence-corrected chi connectivity index (χ4v) is 4.72. The van der Waals surface area contributed by atoms with E-state index in [1.165, 1.54) is 30.6 Å². The molecule has 0 spiro atoms. The number of benzene rings is 1. The lowest BCUT2D eigenvalue weighted by molar-refractivity contribution is -0.122. The minimum Gasteiger partial charge on any atom is -0.355 e. The summed E-state index contributed by atoms with van der Waals surface area (Å²) in [5.41, 5.74) is 0. The van der Waals surface area contributed by atoms with E-state index in [1.54, 1.807) is 11.8 Å². The van der Waals surface area contributed by atoms with Crippen LogP contribution < -0.4 is 5.32 Å². The first-order valence-corrected chi connectivity index (χ1v) is 9.22. The first-order valence-electron chi connectivity index (χ1n) is 7.86. The molecular formula is C17H22ClNOS. The molecule has 0 radical (unpaired) electrons. The first kappa shape index (κ1) is 15.2. The smallest absolute Gasteiger partial charge is 0.220 e. The summed E-state index contributed by atoms with van der Waals surface area (Å²) < 4.78 is 0. The van der Waals surface area contributed by atoms with Crippen molar-refractivity contribution in [3.8, 4) is 0 Å². The number of hydrogen-bond donors (Lipinski definition) is 1. The van der Waals surface area contributed by atoms with Crippen LogP contribution in [0.1, 0.15) is 32.1 Å². The molecular weight excluding hydrogens is 302 g/mol. The third-order valence-electron chi connectivity index (χ3n) is 4.84. The van der Waals surface area contributed by atoms with Crippen LogP contribution in [0.3, 0.4) is 0 Å². The van der Waals surface area contributed by atoms with Crippen LogP contribution in [-0.2, 0) is 4.79 Å². The Morgan fingerprint density at radius 2 is 2.05 bits per heavy atom. The van der Waals surface area contributed by atoms with Gasteiger partial charge in [-0.2, -0.15) is 0 Å². The number of fused-ring (bicyclic) bond motifs is 2. The number of carbonyl (C=O) groups excluding carboxylic acids is 1. The van der Waals surface area contributed by atoms with E-state index in [-0.39, 0.29) is 5.91 Å². The maximum atomic E-state index is 12.0. The maximum absolute atomic E-state index is 12.0. The second-order valence-electron chi connectivity index (χ2n) is 6.29. The predicted octanol–water partition coefficient (Wildman–Crippen LogP) is 4.37. The van der Waals surface area contributed by atoms with Crippen molar-refractivity contribution < 1.29 is 4.79 Å². The lowest BCUT2D eigenvalue weighted by atomic mass is 9.86. The molecule has 1 N–H and O–H groups in total. The van der Waals surface area contributed by atoms with Crippen molar-refractivity contribution in [2.24, 2.45) is 17.8 Å². The van der Waals surface area contributed by atoms with Crippen molar-refractivity contribution in [3.63, 3.8) is 0 Å². The zero-order valence-electron chi connectivity index (χ0n) is 12.2. The Balaban J connectivity index is 1.32. The van der Waals surface area contributed by atoms with Gasteiger partial charge in [0.1, 0.15) is 0 Å². The van der Waals surface area contributed by atoms with Crippen LogP contribution in [0, 0.1) is 17.8 Å². The molecule has 3 atom stereocenters. The number of rotatable bonds is 6. The topological polar surface area (TPSA) is 29.1 Å². The molecule has 2 nitrogen and oxygen atoms in total. The molecule has 0 aromatic heterocycles. The summed E-state index contributed by atoms with van der Waals surface area (Å²) in [4.78, 5) is 13.2. The average Bonchev–Trinajstić information content (AvgIpc) is 3.08. The second kappa shape index (κ2) is 7.06. The molecule has 1 aromatic carbocycles. The quantitative estimate of drug-likeness (QED) is 0.622. The van der Waals surface area contributed by atoms with Gasteiger partial charge in [0.05, 0.1) is 0 Å². The average molecular weight is 324 g/mol. The number of hydrogen-bond acceptors (Lipinski definition) is 2. The van der Waals surface area contributed by atoms with Gasteiger partial charge >= 0.3 is 0 Å². The number of amides is 1. The van der Waals surface area contributed by atoms with Gasteiger partial charge in [-0.15, -0.1) is 11.8 Å². The van der Waals surface area contributed by atoms with Gasteiger partial charge in [0, 0.05) is 28.6 Å². The molecule has 0 saturated heterocycles. The summed E-state index contributed by atoms with van der Waals surface area (Å²) in [6.07, 6.45) is 6.17. The van der Waals surface area contributed by atoms with E-state index < -0.39 is 0 Å². The van der Waals surface area contributed by atoms with Crippen molar-refractivity contribution in [2.45, 2.75) is 37.0 Å². The summed E-state index contributed by atoms with van der Waals surface area (Å²) in [6, 6.07) is 7.84. The van der Waals surface area contributed by atoms with Gasteiger partial charge in [0.15, 0.2) is 0 Å². The zero-order valence-corrected chi connectivity index (χ0v) is 13.8. The standard InChI is InChI=1S/C17H22ClNOS/c18-15-3-5-16(6-4-15)21-8-7-19-17(20)11-14-10-12-1-2-13(14)9-12/h3-6,12-14H,1-2,7-11H2,(H,19,20)/t12-,13+,14+/m0/s1. The van der Waals surface area contributed by atoms with Gasteiger partial charge in [-0.05, 0) is 61.3 Å². The van der Waals surface area contributed by atoms with Crippen LogP contribution in [0.5, 0.6) is 0 Å². The SMILES string of the molecule is O=C(C[C@H]1C[C@H]2CC[C@@H]1C2)NCCSc1ccc(Cl)cc1. The van der Waals surface area contributed by atoms with E-state index in [2.05, 4.69) is 5.32 Å². The molecule has 0 heterocycles. The third kappa shape index (κ3) is 4.17. The Morgan fingerprint density at radius 3 is 2.71 bits per heavy atom. The Kier molecular flexibility index (Phi) is 5.12. The van der Waals surface area contributed by atoms with E-state index in [4.69, 9.17) is 11.6 Å². The van der Waals surface area contributed by atoms with Crippen molar-refractivity contribution in [3.05, 3.63) is 29.3 Å². The molecule has 2 saturated carbocycles. The van der Waals surface area contributed by atoms with Crippen LogP contribution in [0.2, 0.25) is 5.02 Å². The first-order chi connectivity index (χ1) is 10.2. The van der Waals surface area contributed by atoms with Crippen LogP contribution in [0.25, 0.3) is 0 Å². The highest BCUT2D eigenvalue weighted by Gasteiger charge is 2.39. The molecule has 2 aliphatic carbocycles. The van der Waals surface area contributed by atoms with Gasteiger partial charge in [-0.1, -0.05) is 18.0 Å². The molecule has 0 unspecified atom stereocenters. The van der Waals surface area contributed by atoms with Gasteiger partial charge in [0.2, 0.25) is 5.91 Å². The van der Waals surface area contributed by atoms with Crippen LogP contribution in [0.15, 0.2) is 29.2 Å². The number of carbonyl (C=O) groups is 1. The molecule has 3 rings (SSSR count). The van der Waals surface area contributed by atoms with E-state index in [0.717, 1.165) is 35.6 Å². The fourth-order valence-electron chi connectivity index (χ4n) is 3.83. The minimum absolute atomic E-state index is 0.240. The second-order valence-corrected chi connectivity index (χ2v) is 7.90. The summed E-state index contributed by atoms with van der Waals surface area (Å²) in [7, 11) is 0. The van der Waals surface area contributed by atoms with Gasteiger partial charge in [-0.3, -0.25) is 4.79 Å². The maximum Gasteiger partial charge on any atom is 0.220 e.